The predicted octanol–water partition coefficient (Wildman–Crippen LogP) is 19.8. The third kappa shape index (κ3) is 11.3. The zero-order valence-electron chi connectivity index (χ0n) is 49.3. The summed E-state index contributed by atoms with van der Waals surface area (Å²) in [5.74, 6) is 4.46. The van der Waals surface area contributed by atoms with Crippen LogP contribution < -0.4 is 0 Å². The van der Waals surface area contributed by atoms with Gasteiger partial charge in [-0.3, -0.25) is 24.0 Å². The Hall–Kier alpha value is -8.41. The van der Waals surface area contributed by atoms with E-state index in [9.17, 15) is 24.0 Å². The van der Waals surface area contributed by atoms with Crippen molar-refractivity contribution in [1.29, 1.82) is 0 Å². The van der Waals surface area contributed by atoms with Crippen molar-refractivity contribution in [1.82, 2.24) is 0 Å². The Labute approximate surface area is 514 Å². The highest BCUT2D eigenvalue weighted by Gasteiger charge is 2.34. The lowest BCUT2D eigenvalue weighted by molar-refractivity contribution is 0.0939. The van der Waals surface area contributed by atoms with Crippen molar-refractivity contribution < 1.29 is 32.8 Å². The molecule has 16 rings (SSSR count). The van der Waals surface area contributed by atoms with Gasteiger partial charge in [0.1, 0.15) is 22.9 Å². The average molecular weight is 1190 g/mol. The minimum absolute atomic E-state index is 0.0792. The van der Waals surface area contributed by atoms with E-state index in [-0.39, 0.29) is 41.2 Å². The molecule has 0 fully saturated rings. The number of carbonyl (C=O) groups is 5. The molecule has 0 N–H and O–H groups in total. The molecule has 6 aromatic carbocycles. The highest BCUT2D eigenvalue weighted by Crippen LogP contribution is 2.42. The number of aryl methyl sites for hydroxylation is 2. The van der Waals surface area contributed by atoms with Gasteiger partial charge in [0.2, 0.25) is 0 Å². The highest BCUT2D eigenvalue weighted by molar-refractivity contribution is 7.15. The zero-order valence-corrected chi connectivity index (χ0v) is 51.8. The quantitative estimate of drug-likeness (QED) is 0.169. The molecule has 10 heteroatoms. The van der Waals surface area contributed by atoms with Gasteiger partial charge in [-0.05, 0) is 150 Å². The Morgan fingerprint density at radius 2 is 0.837 bits per heavy atom. The predicted molar refractivity (Wildman–Crippen MR) is 351 cm³/mol. The van der Waals surface area contributed by atoms with Crippen LogP contribution in [-0.4, -0.2) is 28.9 Å². The number of para-hydroxylation sites is 1. The summed E-state index contributed by atoms with van der Waals surface area (Å²) in [5, 5.41) is 7.28. The lowest BCUT2D eigenvalue weighted by Crippen LogP contribution is -2.04. The first-order valence-electron chi connectivity index (χ1n) is 29.6. The van der Waals surface area contributed by atoms with Crippen LogP contribution >= 0.6 is 34.0 Å². The molecule has 86 heavy (non-hydrogen) atoms. The van der Waals surface area contributed by atoms with Crippen molar-refractivity contribution in [3.63, 3.8) is 0 Å². The topological polar surface area (TPSA) is 112 Å². The molecule has 5 heterocycles. The van der Waals surface area contributed by atoms with E-state index in [0.29, 0.717) is 17.3 Å². The average Bonchev–Trinajstić information content (AvgIpc) is 2.71. The number of thiophene rings is 3. The summed E-state index contributed by atoms with van der Waals surface area (Å²) >= 11 is 5.12. The monoisotopic (exact) mass is 1190 g/mol. The van der Waals surface area contributed by atoms with E-state index in [1.165, 1.54) is 36.9 Å². The van der Waals surface area contributed by atoms with Crippen LogP contribution in [0.1, 0.15) is 125 Å². The van der Waals surface area contributed by atoms with Gasteiger partial charge in [-0.1, -0.05) is 150 Å². The number of hydrogen-bond acceptors (Lipinski definition) is 10. The number of carbonyl (C=O) groups excluding carboxylic acids is 5. The summed E-state index contributed by atoms with van der Waals surface area (Å²) in [6.45, 7) is 14.0. The molecule has 11 aromatic rings. The van der Waals surface area contributed by atoms with Gasteiger partial charge < -0.3 is 8.83 Å². The molecule has 5 aliphatic rings. The Bertz CT molecular complexity index is 4150. The smallest absolute Gasteiger partial charge is 0.167 e. The largest absolute Gasteiger partial charge is 0.461 e. The van der Waals surface area contributed by atoms with Gasteiger partial charge in [0.25, 0.3) is 0 Å². The number of rotatable bonds is 5. The molecule has 0 saturated heterocycles. The lowest BCUT2D eigenvalue weighted by Gasteiger charge is -2.05. The Kier molecular flexibility index (Phi) is 16.5. The van der Waals surface area contributed by atoms with Gasteiger partial charge in [0, 0.05) is 99.7 Å². The first kappa shape index (κ1) is 58.0. The van der Waals surface area contributed by atoms with Crippen molar-refractivity contribution in [2.24, 2.45) is 29.6 Å². The molecule has 0 radical (unpaired) electrons. The normalized spacial score (nSPS) is 18.4. The number of Topliss-reactive ketones (excluding diaryl/α,β-unsaturated/α-hetero) is 5. The minimum Gasteiger partial charge on any atom is -0.461 e. The van der Waals surface area contributed by atoms with E-state index in [0.717, 1.165) is 127 Å². The van der Waals surface area contributed by atoms with E-state index >= 15 is 0 Å². The Morgan fingerprint density at radius 3 is 1.27 bits per heavy atom. The molecule has 0 saturated carbocycles. The summed E-state index contributed by atoms with van der Waals surface area (Å²) in [6.07, 6.45) is 4.37. The molecular formula is C76H66O7S3. The van der Waals surface area contributed by atoms with Crippen LogP contribution in [0.15, 0.2) is 189 Å². The SMILES string of the molecule is CC1Cc2cccc(-c3cc4ccccc4o3)c2C1=O.CC1Cc2cccc(-c3cccs3)c2C1=O.CC1Cc2cccc(-c3ccsc3)c2C1=O.Cc1ccc(-c2cccc3c2C(=O)C(C)C3)o1.Cc1ccc(-c2cccc3c2C(=O)C(C)C3)s1. The fourth-order valence-corrected chi connectivity index (χ4v) is 15.1. The van der Waals surface area contributed by atoms with Crippen molar-refractivity contribution in [3.8, 4) is 54.7 Å². The maximum absolute atomic E-state index is 12.4. The highest BCUT2D eigenvalue weighted by atomic mass is 32.1. The standard InChI is InChI=1S/C18H14O2.C15H14O2.C15H14OS.2C14H12OS/c1-11-9-13-6-4-7-14(17(13)18(11)19)16-10-12-5-2-3-8-15(12)20-16;2*1-9-8-11-4-3-5-12(14(11)15(9)16)13-7-6-10(2)17-13;1-9-8-10-4-2-5-11(13(10)14(9)15)12-6-3-7-16-12;1-9-7-10-3-2-4-12(13(10)14(9)15)11-5-6-16-8-11/h2-8,10-11H,9H2,1H3;2*3-7,9H,8H2,1-2H3;2-7,9H,8H2,1H3;2-6,8-9H,7H2,1H3. The fraction of sp³-hybridized carbons (Fsp3) is 0.224. The first-order valence-corrected chi connectivity index (χ1v) is 32.2. The van der Waals surface area contributed by atoms with Crippen LogP contribution in [0.2, 0.25) is 0 Å². The van der Waals surface area contributed by atoms with E-state index in [1.54, 1.807) is 34.0 Å². The first-order chi connectivity index (χ1) is 41.6. The summed E-state index contributed by atoms with van der Waals surface area (Å²) in [4.78, 5) is 64.6. The third-order valence-electron chi connectivity index (χ3n) is 17.2. The van der Waals surface area contributed by atoms with Crippen molar-refractivity contribution in [3.05, 3.63) is 246 Å². The molecule has 0 spiro atoms. The van der Waals surface area contributed by atoms with Crippen LogP contribution in [-0.2, 0) is 32.1 Å². The molecule has 7 nitrogen and oxygen atoms in total. The molecule has 5 aromatic heterocycles. The minimum atomic E-state index is 0.0792. The van der Waals surface area contributed by atoms with E-state index in [2.05, 4.69) is 102 Å². The van der Waals surface area contributed by atoms with Gasteiger partial charge in [0.05, 0.1) is 0 Å². The lowest BCUT2D eigenvalue weighted by atomic mass is 9.98. The van der Waals surface area contributed by atoms with Crippen molar-refractivity contribution in [2.45, 2.75) is 80.6 Å². The number of hydrogen-bond donors (Lipinski definition) is 0. The van der Waals surface area contributed by atoms with Crippen LogP contribution in [0.4, 0.5) is 0 Å². The number of ketones is 5. The second kappa shape index (κ2) is 24.5. The molecule has 5 atom stereocenters. The molecule has 5 unspecified atom stereocenters. The molecule has 0 aliphatic heterocycles. The van der Waals surface area contributed by atoms with Gasteiger partial charge in [-0.15, -0.1) is 22.7 Å². The molecule has 430 valence electrons. The fourth-order valence-electron chi connectivity index (χ4n) is 12.8. The number of fused-ring (bicyclic) bond motifs is 6. The summed E-state index contributed by atoms with van der Waals surface area (Å²) < 4.78 is 11.5. The second-order valence-corrected chi connectivity index (χ2v) is 26.5. The van der Waals surface area contributed by atoms with E-state index in [4.69, 9.17) is 8.83 Å². The zero-order chi connectivity index (χ0) is 59.9. The Balaban J connectivity index is 0.000000105. The van der Waals surface area contributed by atoms with Gasteiger partial charge in [-0.2, -0.15) is 11.3 Å². The van der Waals surface area contributed by atoms with E-state index < -0.39 is 0 Å². The molecule has 0 bridgehead atoms. The maximum Gasteiger partial charge on any atom is 0.167 e. The van der Waals surface area contributed by atoms with Crippen LogP contribution in [0.5, 0.6) is 0 Å². The second-order valence-electron chi connectivity index (χ2n) is 23.5. The third-order valence-corrected chi connectivity index (χ3v) is 19.8. The van der Waals surface area contributed by atoms with Crippen LogP contribution in [0.3, 0.4) is 0 Å². The Morgan fingerprint density at radius 1 is 0.384 bits per heavy atom. The summed E-state index contributed by atoms with van der Waals surface area (Å²) in [5.41, 5.74) is 17.7. The summed E-state index contributed by atoms with van der Waals surface area (Å²) in [6, 6.07) is 54.8. The van der Waals surface area contributed by atoms with Gasteiger partial charge >= 0.3 is 0 Å². The maximum atomic E-state index is 12.4. The van der Waals surface area contributed by atoms with E-state index in [1.807, 2.05) is 126 Å². The van der Waals surface area contributed by atoms with Crippen molar-refractivity contribution in [2.75, 3.05) is 0 Å². The molecule has 0 amide bonds. The van der Waals surface area contributed by atoms with Gasteiger partial charge in [0.15, 0.2) is 28.9 Å². The van der Waals surface area contributed by atoms with Gasteiger partial charge in [-0.25, -0.2) is 0 Å². The van der Waals surface area contributed by atoms with Crippen molar-refractivity contribution >= 4 is 73.9 Å². The van der Waals surface area contributed by atoms with Crippen LogP contribution in [0, 0.1) is 43.4 Å². The molecular weight excluding hydrogens is 1120 g/mol. The molecule has 5 aliphatic carbocycles. The van der Waals surface area contributed by atoms with Crippen LogP contribution in [0.25, 0.3) is 65.6 Å². The number of benzene rings is 6. The summed E-state index contributed by atoms with van der Waals surface area (Å²) in [7, 11) is 0. The number of furan rings is 2.